The molecule has 0 aromatic heterocycles. The number of aliphatic hydroxyl groups is 4. The summed E-state index contributed by atoms with van der Waals surface area (Å²) in [5.74, 6) is 0. The van der Waals surface area contributed by atoms with Crippen LogP contribution in [0.1, 0.15) is 6.42 Å². The highest BCUT2D eigenvalue weighted by molar-refractivity contribution is 8.14. The summed E-state index contributed by atoms with van der Waals surface area (Å²) in [6.45, 7) is 0.349. The van der Waals surface area contributed by atoms with Crippen LogP contribution in [0, 0.1) is 0 Å². The average Bonchev–Trinajstić information content (AvgIpc) is 2.77. The van der Waals surface area contributed by atoms with Gasteiger partial charge < -0.3 is 30.5 Å². The Labute approximate surface area is 109 Å². The lowest BCUT2D eigenvalue weighted by Crippen LogP contribution is -2.55. The van der Waals surface area contributed by atoms with Gasteiger partial charge in [0.15, 0.2) is 5.17 Å². The molecule has 104 valence electrons. The Morgan fingerprint density at radius 1 is 1.28 bits per heavy atom. The van der Waals surface area contributed by atoms with E-state index >= 15 is 0 Å². The number of rotatable bonds is 4. The maximum Gasteiger partial charge on any atom is 0.159 e. The maximum absolute atomic E-state index is 9.91. The molecule has 0 unspecified atom stereocenters. The van der Waals surface area contributed by atoms with Crippen molar-refractivity contribution in [2.75, 3.05) is 19.8 Å². The minimum Gasteiger partial charge on any atom is -0.396 e. The first-order valence-electron chi connectivity index (χ1n) is 5.89. The molecule has 0 spiro atoms. The number of aliphatic imine (C=N–C) groups is 1. The third kappa shape index (κ3) is 2.79. The molecule has 1 fully saturated rings. The predicted octanol–water partition coefficient (Wildman–Crippen LogP) is -2.13. The van der Waals surface area contributed by atoms with Gasteiger partial charge in [-0.25, -0.2) is 0 Å². The lowest BCUT2D eigenvalue weighted by atomic mass is 9.99. The second kappa shape index (κ2) is 6.18. The van der Waals surface area contributed by atoms with Crippen molar-refractivity contribution < 1.29 is 25.2 Å². The largest absolute Gasteiger partial charge is 0.396 e. The smallest absolute Gasteiger partial charge is 0.159 e. The minimum atomic E-state index is -1.13. The Hall–Kier alpha value is -0.380. The molecule has 0 aliphatic carbocycles. The van der Waals surface area contributed by atoms with E-state index in [1.807, 2.05) is 0 Å². The summed E-state index contributed by atoms with van der Waals surface area (Å²) in [7, 11) is 0. The van der Waals surface area contributed by atoms with Crippen LogP contribution in [0.15, 0.2) is 4.99 Å². The molecule has 0 bridgehead atoms. The number of nitrogens with one attached hydrogen (secondary N) is 1. The highest BCUT2D eigenvalue weighted by atomic mass is 32.2. The molecule has 0 radical (unpaired) electrons. The summed E-state index contributed by atoms with van der Waals surface area (Å²) in [6, 6.07) is -0.524. The van der Waals surface area contributed by atoms with Crippen LogP contribution < -0.4 is 5.32 Å². The predicted molar refractivity (Wildman–Crippen MR) is 66.3 cm³/mol. The van der Waals surface area contributed by atoms with Crippen LogP contribution in [-0.2, 0) is 4.74 Å². The summed E-state index contributed by atoms with van der Waals surface area (Å²) >= 11 is 1.32. The fourth-order valence-electron chi connectivity index (χ4n) is 1.94. The van der Waals surface area contributed by atoms with Crippen molar-refractivity contribution in [3.8, 4) is 0 Å². The lowest BCUT2D eigenvalue weighted by Gasteiger charge is -2.37. The lowest BCUT2D eigenvalue weighted by molar-refractivity contribution is -0.164. The number of hydrogen-bond donors (Lipinski definition) is 5. The standard InChI is InChI=1S/C10H18N2O5S/c13-3-1-2-11-10-12-6-8(16)7(15)5(4-14)17-9(6)18-10/h5-9,13-16H,1-4H2,(H,11,12)/t5-,6-,7-,8-,9-/m1/s1. The highest BCUT2D eigenvalue weighted by Gasteiger charge is 2.47. The van der Waals surface area contributed by atoms with E-state index in [-0.39, 0.29) is 13.2 Å². The fourth-order valence-corrected chi connectivity index (χ4v) is 3.09. The molecule has 0 saturated carbocycles. The third-order valence-corrected chi connectivity index (χ3v) is 4.05. The molecule has 8 heteroatoms. The number of nitrogens with zero attached hydrogens (tertiary/aromatic N) is 1. The summed E-state index contributed by atoms with van der Waals surface area (Å²) in [6.07, 6.45) is -2.33. The van der Waals surface area contributed by atoms with Crippen LogP contribution in [0.25, 0.3) is 0 Å². The first kappa shape index (κ1) is 14.0. The molecule has 2 aliphatic rings. The van der Waals surface area contributed by atoms with Gasteiger partial charge in [-0.1, -0.05) is 11.8 Å². The van der Waals surface area contributed by atoms with Gasteiger partial charge in [-0.2, -0.15) is 0 Å². The van der Waals surface area contributed by atoms with Gasteiger partial charge in [0.2, 0.25) is 0 Å². The van der Waals surface area contributed by atoms with Gasteiger partial charge in [0.05, 0.1) is 6.61 Å². The van der Waals surface area contributed by atoms with Crippen molar-refractivity contribution in [2.45, 2.75) is 36.2 Å². The Morgan fingerprint density at radius 2 is 2.06 bits per heavy atom. The van der Waals surface area contributed by atoms with Gasteiger partial charge in [-0.3, -0.25) is 4.99 Å². The molecule has 0 aromatic carbocycles. The topological polar surface area (TPSA) is 115 Å². The molecule has 18 heavy (non-hydrogen) atoms. The van der Waals surface area contributed by atoms with E-state index in [1.165, 1.54) is 11.8 Å². The van der Waals surface area contributed by atoms with Crippen LogP contribution in [0.3, 0.4) is 0 Å². The van der Waals surface area contributed by atoms with Gasteiger partial charge in [-0.05, 0) is 6.42 Å². The molecule has 5 atom stereocenters. The van der Waals surface area contributed by atoms with Crippen LogP contribution in [0.2, 0.25) is 0 Å². The van der Waals surface area contributed by atoms with E-state index in [4.69, 9.17) is 14.9 Å². The van der Waals surface area contributed by atoms with E-state index in [2.05, 4.69) is 10.3 Å². The minimum absolute atomic E-state index is 0.0994. The quantitative estimate of drug-likeness (QED) is 0.373. The zero-order valence-corrected chi connectivity index (χ0v) is 10.6. The van der Waals surface area contributed by atoms with Crippen molar-refractivity contribution in [3.05, 3.63) is 0 Å². The summed E-state index contributed by atoms with van der Waals surface area (Å²) in [5, 5.41) is 41.0. The van der Waals surface area contributed by atoms with Crippen molar-refractivity contribution in [2.24, 2.45) is 4.99 Å². The van der Waals surface area contributed by atoms with E-state index in [0.717, 1.165) is 0 Å². The molecule has 5 N–H and O–H groups in total. The molecule has 2 aliphatic heterocycles. The van der Waals surface area contributed by atoms with Crippen molar-refractivity contribution >= 4 is 16.9 Å². The molecule has 2 heterocycles. The molecular weight excluding hydrogens is 260 g/mol. The molecule has 7 nitrogen and oxygen atoms in total. The maximum atomic E-state index is 9.91. The number of aliphatic hydroxyl groups excluding tert-OH is 4. The van der Waals surface area contributed by atoms with Gasteiger partial charge in [0.1, 0.15) is 29.8 Å². The summed E-state index contributed by atoms with van der Waals surface area (Å²) in [4.78, 5) is 4.25. The molecule has 0 amide bonds. The molecule has 1 saturated heterocycles. The van der Waals surface area contributed by atoms with E-state index in [1.54, 1.807) is 0 Å². The Balaban J connectivity index is 1.95. The van der Waals surface area contributed by atoms with Crippen LogP contribution in [-0.4, -0.2) is 75.1 Å². The van der Waals surface area contributed by atoms with Gasteiger partial charge in [-0.15, -0.1) is 0 Å². The van der Waals surface area contributed by atoms with E-state index in [9.17, 15) is 10.2 Å². The zero-order valence-electron chi connectivity index (χ0n) is 9.77. The van der Waals surface area contributed by atoms with Gasteiger partial charge in [0, 0.05) is 13.2 Å². The monoisotopic (exact) mass is 278 g/mol. The number of hydrogen-bond acceptors (Lipinski definition) is 8. The second-order valence-corrected chi connectivity index (χ2v) is 5.34. The summed E-state index contributed by atoms with van der Waals surface area (Å²) < 4.78 is 5.48. The second-order valence-electron chi connectivity index (χ2n) is 4.25. The first-order valence-corrected chi connectivity index (χ1v) is 6.77. The number of amidine groups is 1. The molecular formula is C10H18N2O5S. The van der Waals surface area contributed by atoms with Crippen molar-refractivity contribution in [3.63, 3.8) is 0 Å². The SMILES string of the molecule is OCCCNC1=N[C@@H]2[C@@H](O)[C@H](O)[C@@H](CO)O[C@@H]2S1. The van der Waals surface area contributed by atoms with Crippen LogP contribution in [0.5, 0.6) is 0 Å². The Morgan fingerprint density at radius 3 is 2.72 bits per heavy atom. The van der Waals surface area contributed by atoms with Crippen molar-refractivity contribution in [1.82, 2.24) is 5.32 Å². The van der Waals surface area contributed by atoms with Gasteiger partial charge >= 0.3 is 0 Å². The van der Waals surface area contributed by atoms with E-state index in [0.29, 0.717) is 18.1 Å². The zero-order chi connectivity index (χ0) is 13.1. The Kier molecular flexibility index (Phi) is 4.82. The number of thioether (sulfide) groups is 1. The van der Waals surface area contributed by atoms with Crippen LogP contribution in [0.4, 0.5) is 0 Å². The first-order chi connectivity index (χ1) is 8.67. The van der Waals surface area contributed by atoms with Crippen molar-refractivity contribution in [1.29, 1.82) is 0 Å². The normalized spacial score (nSPS) is 39.3. The summed E-state index contributed by atoms with van der Waals surface area (Å²) in [5.41, 5.74) is -0.392. The van der Waals surface area contributed by atoms with E-state index < -0.39 is 29.8 Å². The fraction of sp³-hybridized carbons (Fsp3) is 0.900. The third-order valence-electron chi connectivity index (χ3n) is 2.95. The van der Waals surface area contributed by atoms with Gasteiger partial charge in [0.25, 0.3) is 0 Å². The average molecular weight is 278 g/mol. The van der Waals surface area contributed by atoms with Crippen LogP contribution >= 0.6 is 11.8 Å². The number of ether oxygens (including phenoxy) is 1. The highest BCUT2D eigenvalue weighted by Crippen LogP contribution is 2.35. The number of fused-ring (bicyclic) bond motifs is 1. The Bertz CT molecular complexity index is 317. The molecule has 2 rings (SSSR count). The molecule has 0 aromatic rings.